The standard InChI is InChI=1S/C15H22N4/c1-3-4-9-19(2)11-13-10-12-7-5-6-8-14(12)17-15(13)18-16/h5-8,10H,3-4,9,11,16H2,1-2H3,(H,17,18). The molecule has 3 N–H and O–H groups in total. The third-order valence-electron chi connectivity index (χ3n) is 3.27. The van der Waals surface area contributed by atoms with E-state index < -0.39 is 0 Å². The molecule has 0 saturated carbocycles. The molecule has 1 heterocycles. The van der Waals surface area contributed by atoms with Gasteiger partial charge in [-0.15, -0.1) is 0 Å². The molecule has 19 heavy (non-hydrogen) atoms. The molecule has 0 fully saturated rings. The van der Waals surface area contributed by atoms with Crippen LogP contribution in [0.2, 0.25) is 0 Å². The summed E-state index contributed by atoms with van der Waals surface area (Å²) >= 11 is 0. The maximum Gasteiger partial charge on any atom is 0.145 e. The maximum atomic E-state index is 5.59. The molecule has 0 atom stereocenters. The zero-order chi connectivity index (χ0) is 13.7. The van der Waals surface area contributed by atoms with Crippen molar-refractivity contribution in [3.8, 4) is 0 Å². The number of pyridine rings is 1. The average Bonchev–Trinajstić information content (AvgIpc) is 2.44. The van der Waals surface area contributed by atoms with Gasteiger partial charge in [0, 0.05) is 17.5 Å². The monoisotopic (exact) mass is 258 g/mol. The first-order valence-corrected chi connectivity index (χ1v) is 6.78. The minimum atomic E-state index is 0.766. The second-order valence-corrected chi connectivity index (χ2v) is 4.92. The molecule has 0 spiro atoms. The van der Waals surface area contributed by atoms with Gasteiger partial charge < -0.3 is 10.3 Å². The summed E-state index contributed by atoms with van der Waals surface area (Å²) in [5, 5.41) is 1.15. The predicted octanol–water partition coefficient (Wildman–Crippen LogP) is 2.75. The van der Waals surface area contributed by atoms with Crippen LogP contribution in [0, 0.1) is 0 Å². The van der Waals surface area contributed by atoms with E-state index in [0.29, 0.717) is 0 Å². The molecule has 102 valence electrons. The lowest BCUT2D eigenvalue weighted by Gasteiger charge is -2.18. The van der Waals surface area contributed by atoms with Crippen LogP contribution in [0.1, 0.15) is 25.3 Å². The lowest BCUT2D eigenvalue weighted by Crippen LogP contribution is -2.21. The van der Waals surface area contributed by atoms with E-state index in [1.807, 2.05) is 18.2 Å². The molecule has 0 aliphatic rings. The van der Waals surface area contributed by atoms with Crippen molar-refractivity contribution in [3.05, 3.63) is 35.9 Å². The molecule has 2 aromatic rings. The number of anilines is 1. The van der Waals surface area contributed by atoms with Crippen LogP contribution in [0.5, 0.6) is 0 Å². The van der Waals surface area contributed by atoms with Crippen LogP contribution < -0.4 is 11.3 Å². The number of fused-ring (bicyclic) bond motifs is 1. The first-order valence-electron chi connectivity index (χ1n) is 6.78. The van der Waals surface area contributed by atoms with Crippen LogP contribution in [0.25, 0.3) is 10.9 Å². The smallest absolute Gasteiger partial charge is 0.145 e. The fourth-order valence-electron chi connectivity index (χ4n) is 2.20. The van der Waals surface area contributed by atoms with Crippen molar-refractivity contribution in [2.24, 2.45) is 5.84 Å². The summed E-state index contributed by atoms with van der Waals surface area (Å²) < 4.78 is 0. The van der Waals surface area contributed by atoms with E-state index >= 15 is 0 Å². The number of rotatable bonds is 6. The molecule has 0 amide bonds. The Bertz CT molecular complexity index is 539. The molecule has 0 saturated heterocycles. The van der Waals surface area contributed by atoms with E-state index in [2.05, 4.69) is 41.4 Å². The first-order chi connectivity index (χ1) is 9.24. The fourth-order valence-corrected chi connectivity index (χ4v) is 2.20. The summed E-state index contributed by atoms with van der Waals surface area (Å²) in [5.74, 6) is 6.35. The molecular formula is C15H22N4. The number of nitrogens with one attached hydrogen (secondary N) is 1. The van der Waals surface area contributed by atoms with Crippen molar-refractivity contribution in [1.82, 2.24) is 9.88 Å². The highest BCUT2D eigenvalue weighted by molar-refractivity contribution is 5.81. The SMILES string of the molecule is CCCCN(C)Cc1cc2ccccc2nc1NN. The largest absolute Gasteiger partial charge is 0.308 e. The number of nitrogens with two attached hydrogens (primary N) is 1. The zero-order valence-corrected chi connectivity index (χ0v) is 11.7. The van der Waals surface area contributed by atoms with Gasteiger partial charge in [0.25, 0.3) is 0 Å². The van der Waals surface area contributed by atoms with E-state index in [0.717, 1.165) is 35.4 Å². The summed E-state index contributed by atoms with van der Waals surface area (Å²) in [6, 6.07) is 10.3. The minimum Gasteiger partial charge on any atom is -0.308 e. The predicted molar refractivity (Wildman–Crippen MR) is 80.8 cm³/mol. The topological polar surface area (TPSA) is 54.2 Å². The molecule has 0 unspecified atom stereocenters. The molecule has 4 nitrogen and oxygen atoms in total. The number of hydrogen-bond donors (Lipinski definition) is 2. The van der Waals surface area contributed by atoms with Crippen molar-refractivity contribution in [2.45, 2.75) is 26.3 Å². The van der Waals surface area contributed by atoms with Gasteiger partial charge in [-0.3, -0.25) is 0 Å². The third-order valence-corrected chi connectivity index (χ3v) is 3.27. The van der Waals surface area contributed by atoms with E-state index in [4.69, 9.17) is 5.84 Å². The van der Waals surface area contributed by atoms with Crippen LogP contribution in [0.4, 0.5) is 5.82 Å². The number of aromatic nitrogens is 1. The first kappa shape index (κ1) is 13.8. The third kappa shape index (κ3) is 3.43. The number of benzene rings is 1. The summed E-state index contributed by atoms with van der Waals surface area (Å²) in [4.78, 5) is 6.87. The Morgan fingerprint density at radius 3 is 2.84 bits per heavy atom. The van der Waals surface area contributed by atoms with E-state index in [1.54, 1.807) is 0 Å². The summed E-state index contributed by atoms with van der Waals surface area (Å²) in [7, 11) is 2.13. The summed E-state index contributed by atoms with van der Waals surface area (Å²) in [5.41, 5.74) is 4.82. The quantitative estimate of drug-likeness (QED) is 0.618. The molecule has 1 aromatic carbocycles. The van der Waals surface area contributed by atoms with Crippen LogP contribution in [-0.4, -0.2) is 23.5 Å². The molecule has 0 bridgehead atoms. The van der Waals surface area contributed by atoms with Gasteiger partial charge in [-0.05, 0) is 32.1 Å². The Balaban J connectivity index is 2.25. The normalized spacial score (nSPS) is 11.2. The molecule has 0 aliphatic heterocycles. The van der Waals surface area contributed by atoms with Crippen molar-refractivity contribution in [2.75, 3.05) is 19.0 Å². The number of nitrogens with zero attached hydrogens (tertiary/aromatic N) is 2. The number of unbranched alkanes of at least 4 members (excludes halogenated alkanes) is 1. The summed E-state index contributed by atoms with van der Waals surface area (Å²) in [6.45, 7) is 4.16. The van der Waals surface area contributed by atoms with Crippen LogP contribution in [0.3, 0.4) is 0 Å². The van der Waals surface area contributed by atoms with Crippen LogP contribution in [0.15, 0.2) is 30.3 Å². The second-order valence-electron chi connectivity index (χ2n) is 4.92. The van der Waals surface area contributed by atoms with Crippen molar-refractivity contribution in [3.63, 3.8) is 0 Å². The number of nitrogen functional groups attached to an aromatic ring is 1. The fraction of sp³-hybridized carbons (Fsp3) is 0.400. The molecule has 4 heteroatoms. The molecule has 2 rings (SSSR count). The van der Waals surface area contributed by atoms with Gasteiger partial charge in [-0.1, -0.05) is 31.5 Å². The number of para-hydroxylation sites is 1. The van der Waals surface area contributed by atoms with Gasteiger partial charge in [-0.2, -0.15) is 0 Å². The van der Waals surface area contributed by atoms with Gasteiger partial charge in [0.2, 0.25) is 0 Å². The van der Waals surface area contributed by atoms with Gasteiger partial charge in [0.1, 0.15) is 5.82 Å². The molecule has 1 aromatic heterocycles. The Labute approximate surface area is 114 Å². The highest BCUT2D eigenvalue weighted by Crippen LogP contribution is 2.21. The van der Waals surface area contributed by atoms with E-state index in [-0.39, 0.29) is 0 Å². The Kier molecular flexibility index (Phi) is 4.71. The molecular weight excluding hydrogens is 236 g/mol. The lowest BCUT2D eigenvalue weighted by atomic mass is 10.1. The molecule has 0 aliphatic carbocycles. The van der Waals surface area contributed by atoms with E-state index in [9.17, 15) is 0 Å². The number of hydrazine groups is 1. The van der Waals surface area contributed by atoms with Gasteiger partial charge in [-0.25, -0.2) is 10.8 Å². The van der Waals surface area contributed by atoms with Crippen molar-refractivity contribution >= 4 is 16.7 Å². The van der Waals surface area contributed by atoms with Gasteiger partial charge >= 0.3 is 0 Å². The zero-order valence-electron chi connectivity index (χ0n) is 11.7. The number of hydrogen-bond acceptors (Lipinski definition) is 4. The second kappa shape index (κ2) is 6.50. The lowest BCUT2D eigenvalue weighted by molar-refractivity contribution is 0.321. The highest BCUT2D eigenvalue weighted by Gasteiger charge is 2.08. The summed E-state index contributed by atoms with van der Waals surface area (Å²) in [6.07, 6.45) is 2.42. The van der Waals surface area contributed by atoms with E-state index in [1.165, 1.54) is 12.8 Å². The van der Waals surface area contributed by atoms with Gasteiger partial charge in [0.05, 0.1) is 5.52 Å². The Hall–Kier alpha value is -1.65. The minimum absolute atomic E-state index is 0.766. The molecule has 0 radical (unpaired) electrons. The van der Waals surface area contributed by atoms with Gasteiger partial charge in [0.15, 0.2) is 0 Å². The van der Waals surface area contributed by atoms with Crippen molar-refractivity contribution in [1.29, 1.82) is 0 Å². The van der Waals surface area contributed by atoms with Crippen molar-refractivity contribution < 1.29 is 0 Å². The Morgan fingerprint density at radius 1 is 1.32 bits per heavy atom. The average molecular weight is 258 g/mol. The highest BCUT2D eigenvalue weighted by atomic mass is 15.3. The Morgan fingerprint density at radius 2 is 2.11 bits per heavy atom. The van der Waals surface area contributed by atoms with Crippen LogP contribution in [-0.2, 0) is 6.54 Å². The van der Waals surface area contributed by atoms with Crippen LogP contribution >= 0.6 is 0 Å². The maximum absolute atomic E-state index is 5.59.